The van der Waals surface area contributed by atoms with Crippen molar-refractivity contribution in [3.63, 3.8) is 0 Å². The van der Waals surface area contributed by atoms with Crippen LogP contribution in [-0.2, 0) is 27.2 Å². The number of nitrogens with one attached hydrogen (secondary N) is 2. The van der Waals surface area contributed by atoms with Gasteiger partial charge in [0.05, 0.1) is 10.6 Å². The van der Waals surface area contributed by atoms with Crippen LogP contribution in [0.15, 0.2) is 60.8 Å². The molecule has 1 aliphatic heterocycles. The van der Waals surface area contributed by atoms with Gasteiger partial charge in [0.25, 0.3) is 0 Å². The molecule has 0 bridgehead atoms. The summed E-state index contributed by atoms with van der Waals surface area (Å²) in [5.41, 5.74) is 3.24. The first-order valence-electron chi connectivity index (χ1n) is 13.7. The minimum Gasteiger partial charge on any atom is -0.352 e. The molecule has 0 spiro atoms. The molecule has 2 N–H and O–H groups in total. The van der Waals surface area contributed by atoms with Gasteiger partial charge in [0.15, 0.2) is 0 Å². The predicted molar refractivity (Wildman–Crippen MR) is 153 cm³/mol. The maximum absolute atomic E-state index is 14.4. The summed E-state index contributed by atoms with van der Waals surface area (Å²) in [7, 11) is 0. The van der Waals surface area contributed by atoms with E-state index in [9.17, 15) is 14.4 Å². The fourth-order valence-electron chi connectivity index (χ4n) is 5.78. The summed E-state index contributed by atoms with van der Waals surface area (Å²) in [5, 5.41) is 6.10. The van der Waals surface area contributed by atoms with Crippen molar-refractivity contribution in [1.29, 1.82) is 0 Å². The Morgan fingerprint density at radius 1 is 1.03 bits per heavy atom. The van der Waals surface area contributed by atoms with Gasteiger partial charge in [-0.05, 0) is 80.3 Å². The highest BCUT2D eigenvalue weighted by atomic mass is 32.1. The van der Waals surface area contributed by atoms with Gasteiger partial charge in [-0.3, -0.25) is 19.4 Å². The molecule has 0 saturated carbocycles. The zero-order valence-electron chi connectivity index (χ0n) is 22.9. The van der Waals surface area contributed by atoms with Gasteiger partial charge in [0, 0.05) is 17.1 Å². The highest BCUT2D eigenvalue weighted by molar-refractivity contribution is 7.15. The molecule has 3 aromatic rings. The fourth-order valence-corrected chi connectivity index (χ4v) is 6.86. The van der Waals surface area contributed by atoms with Crippen molar-refractivity contribution in [2.75, 3.05) is 0 Å². The Labute approximate surface area is 234 Å². The molecule has 7 nitrogen and oxygen atoms in total. The number of carbonyl (C=O) groups excluding carboxylic acids is 3. The molecular formula is C31H36N4O3S. The molecule has 1 fully saturated rings. The number of fused-ring (bicyclic) bond motifs is 1. The lowest BCUT2D eigenvalue weighted by molar-refractivity contribution is -0.157. The van der Waals surface area contributed by atoms with Crippen LogP contribution in [0, 0.1) is 11.8 Å². The van der Waals surface area contributed by atoms with Crippen molar-refractivity contribution in [3.05, 3.63) is 76.8 Å². The number of nitrogens with zero attached hydrogens (tertiary/aromatic N) is 2. The van der Waals surface area contributed by atoms with Gasteiger partial charge in [-0.15, -0.1) is 11.3 Å². The van der Waals surface area contributed by atoms with Crippen molar-refractivity contribution in [1.82, 2.24) is 20.5 Å². The van der Waals surface area contributed by atoms with E-state index in [0.29, 0.717) is 6.42 Å². The van der Waals surface area contributed by atoms with Crippen LogP contribution in [0.2, 0.25) is 0 Å². The third kappa shape index (κ3) is 5.62. The number of hydrogen-bond acceptors (Lipinski definition) is 5. The van der Waals surface area contributed by atoms with Gasteiger partial charge in [-0.1, -0.05) is 44.2 Å². The molecular weight excluding hydrogens is 508 g/mol. The second-order valence-corrected chi connectivity index (χ2v) is 12.4. The Balaban J connectivity index is 1.55. The summed E-state index contributed by atoms with van der Waals surface area (Å²) in [6, 6.07) is 15.3. The number of thiophene rings is 1. The topological polar surface area (TPSA) is 91.4 Å². The van der Waals surface area contributed by atoms with E-state index in [4.69, 9.17) is 0 Å². The van der Waals surface area contributed by atoms with Crippen LogP contribution in [-0.4, -0.2) is 45.7 Å². The lowest BCUT2D eigenvalue weighted by atomic mass is 9.88. The molecule has 204 valence electrons. The molecule has 1 aromatic carbocycles. The third-order valence-electron chi connectivity index (χ3n) is 7.48. The molecule has 3 atom stereocenters. The van der Waals surface area contributed by atoms with Crippen LogP contribution in [0.25, 0.3) is 10.6 Å². The van der Waals surface area contributed by atoms with E-state index in [0.717, 1.165) is 28.3 Å². The summed E-state index contributed by atoms with van der Waals surface area (Å²) in [6.07, 6.45) is 3.65. The summed E-state index contributed by atoms with van der Waals surface area (Å²) >= 11 is 1.44. The minimum atomic E-state index is -0.913. The zero-order valence-corrected chi connectivity index (χ0v) is 23.7. The number of pyridine rings is 1. The Kier molecular flexibility index (Phi) is 7.84. The monoisotopic (exact) mass is 544 g/mol. The highest BCUT2D eigenvalue weighted by Crippen LogP contribution is 2.38. The van der Waals surface area contributed by atoms with E-state index < -0.39 is 18.1 Å². The first-order valence-corrected chi connectivity index (χ1v) is 14.6. The second kappa shape index (κ2) is 11.3. The Morgan fingerprint density at radius 2 is 1.72 bits per heavy atom. The van der Waals surface area contributed by atoms with Gasteiger partial charge in [-0.2, -0.15) is 0 Å². The predicted octanol–water partition coefficient (Wildman–Crippen LogP) is 4.53. The SMILES string of the molecule is CC(C)C[C@@H]1C(=O)N[C@H](C2Cc3ccccc3C2)C(=O)N1[C@@H](C(=O)NC(C)C)c1ccc(-c2ccccn2)s1. The molecule has 3 amide bonds. The molecule has 2 aromatic heterocycles. The Hall–Kier alpha value is -3.52. The van der Waals surface area contributed by atoms with Crippen LogP contribution in [0.1, 0.15) is 56.2 Å². The smallest absolute Gasteiger partial charge is 0.248 e. The van der Waals surface area contributed by atoms with E-state index >= 15 is 0 Å². The molecule has 1 aliphatic carbocycles. The average Bonchev–Trinajstić information content (AvgIpc) is 3.55. The summed E-state index contributed by atoms with van der Waals surface area (Å²) in [5.74, 6) is -0.542. The van der Waals surface area contributed by atoms with Crippen molar-refractivity contribution in [2.45, 2.75) is 71.1 Å². The molecule has 2 aliphatic rings. The van der Waals surface area contributed by atoms with E-state index in [1.54, 1.807) is 11.1 Å². The molecule has 0 radical (unpaired) electrons. The number of hydrogen-bond donors (Lipinski definition) is 2. The largest absolute Gasteiger partial charge is 0.352 e. The van der Waals surface area contributed by atoms with E-state index in [1.165, 1.54) is 22.5 Å². The first kappa shape index (κ1) is 27.1. The number of carbonyl (C=O) groups is 3. The quantitative estimate of drug-likeness (QED) is 0.436. The fraction of sp³-hybridized carbons (Fsp3) is 0.419. The molecule has 5 rings (SSSR count). The van der Waals surface area contributed by atoms with Crippen molar-refractivity contribution >= 4 is 29.1 Å². The lowest BCUT2D eigenvalue weighted by Crippen LogP contribution is -2.67. The highest BCUT2D eigenvalue weighted by Gasteiger charge is 2.49. The van der Waals surface area contributed by atoms with Crippen molar-refractivity contribution in [2.24, 2.45) is 11.8 Å². The van der Waals surface area contributed by atoms with E-state index in [1.807, 2.05) is 70.2 Å². The molecule has 1 saturated heterocycles. The van der Waals surface area contributed by atoms with Crippen LogP contribution in [0.5, 0.6) is 0 Å². The van der Waals surface area contributed by atoms with Gasteiger partial charge in [0.2, 0.25) is 17.7 Å². The van der Waals surface area contributed by atoms with Gasteiger partial charge < -0.3 is 15.5 Å². The number of aromatic nitrogens is 1. The Bertz CT molecular complexity index is 1330. The van der Waals surface area contributed by atoms with E-state index in [-0.39, 0.29) is 35.6 Å². The normalized spacial score (nSPS) is 20.3. The lowest BCUT2D eigenvalue weighted by Gasteiger charge is -2.44. The average molecular weight is 545 g/mol. The molecule has 0 unspecified atom stereocenters. The van der Waals surface area contributed by atoms with Crippen LogP contribution in [0.3, 0.4) is 0 Å². The van der Waals surface area contributed by atoms with Crippen molar-refractivity contribution in [3.8, 4) is 10.6 Å². The number of rotatable bonds is 8. The van der Waals surface area contributed by atoms with Crippen molar-refractivity contribution < 1.29 is 14.4 Å². The minimum absolute atomic E-state index is 0.0532. The van der Waals surface area contributed by atoms with Crippen LogP contribution < -0.4 is 10.6 Å². The van der Waals surface area contributed by atoms with Crippen LogP contribution in [0.4, 0.5) is 0 Å². The number of piperazine rings is 1. The third-order valence-corrected chi connectivity index (χ3v) is 8.64. The maximum Gasteiger partial charge on any atom is 0.248 e. The molecule has 39 heavy (non-hydrogen) atoms. The van der Waals surface area contributed by atoms with Gasteiger partial charge >= 0.3 is 0 Å². The number of amides is 3. The summed E-state index contributed by atoms with van der Waals surface area (Å²) in [6.45, 7) is 7.86. The van der Waals surface area contributed by atoms with E-state index in [2.05, 4.69) is 27.8 Å². The zero-order chi connectivity index (χ0) is 27.7. The standard InChI is InChI=1S/C31H36N4O3S/c1-18(2)15-24-29(36)34-27(22-16-20-9-5-6-10-21(20)17-22)31(38)35(24)28(30(37)33-19(3)4)26-13-12-25(39-26)23-11-7-8-14-32-23/h5-14,18-19,22,24,27-28H,15-17H2,1-4H3,(H,33,37)(H,34,36)/t24-,27-,28-/m1/s1. The molecule has 3 heterocycles. The number of benzene rings is 1. The maximum atomic E-state index is 14.4. The first-order chi connectivity index (χ1) is 18.7. The summed E-state index contributed by atoms with van der Waals surface area (Å²) < 4.78 is 0. The van der Waals surface area contributed by atoms with Gasteiger partial charge in [0.1, 0.15) is 18.1 Å². The summed E-state index contributed by atoms with van der Waals surface area (Å²) in [4.78, 5) is 49.6. The second-order valence-electron chi connectivity index (χ2n) is 11.3. The van der Waals surface area contributed by atoms with Crippen LogP contribution >= 0.6 is 11.3 Å². The molecule has 8 heteroatoms. The Morgan fingerprint density at radius 3 is 2.33 bits per heavy atom. The van der Waals surface area contributed by atoms with Gasteiger partial charge in [-0.25, -0.2) is 0 Å².